The summed E-state index contributed by atoms with van der Waals surface area (Å²) in [5, 5.41) is 9.41. The first-order valence-corrected chi connectivity index (χ1v) is 7.34. The van der Waals surface area contributed by atoms with Gasteiger partial charge in [0.1, 0.15) is 17.9 Å². The minimum Gasteiger partial charge on any atom is -0.491 e. The maximum absolute atomic E-state index is 12.3. The molecule has 1 N–H and O–H groups in total. The number of hydrogen-bond donors (Lipinski definition) is 1. The van der Waals surface area contributed by atoms with Gasteiger partial charge in [-0.15, -0.1) is 0 Å². The molecule has 1 aromatic heterocycles. The monoisotopic (exact) mass is 305 g/mol. The lowest BCUT2D eigenvalue weighted by Crippen LogP contribution is -2.36. The molecule has 2 heterocycles. The molecule has 3 rings (SSSR count). The van der Waals surface area contributed by atoms with Crippen LogP contribution in [0.1, 0.15) is 5.56 Å². The summed E-state index contributed by atoms with van der Waals surface area (Å²) in [4.78, 5) is 14.3. The van der Waals surface area contributed by atoms with Crippen LogP contribution < -0.4 is 15.1 Å². The average molecular weight is 305 g/mol. The van der Waals surface area contributed by atoms with Gasteiger partial charge < -0.3 is 23.9 Å². The summed E-state index contributed by atoms with van der Waals surface area (Å²) in [7, 11) is 0. The zero-order valence-corrected chi connectivity index (χ0v) is 12.5. The molecule has 2 aromatic rings. The van der Waals surface area contributed by atoms with Crippen molar-refractivity contribution >= 4 is 16.9 Å². The van der Waals surface area contributed by atoms with Crippen molar-refractivity contribution in [1.82, 2.24) is 0 Å². The minimum absolute atomic E-state index is 0.0603. The highest BCUT2D eigenvalue weighted by molar-refractivity contribution is 5.82. The summed E-state index contributed by atoms with van der Waals surface area (Å²) in [6.45, 7) is 4.65. The normalized spacial score (nSPS) is 15.3. The first kappa shape index (κ1) is 14.9. The zero-order chi connectivity index (χ0) is 15.5. The third-order valence-electron chi connectivity index (χ3n) is 3.75. The van der Waals surface area contributed by atoms with E-state index in [0.717, 1.165) is 5.56 Å². The number of anilines is 1. The van der Waals surface area contributed by atoms with E-state index < -0.39 is 0 Å². The molecular weight excluding hydrogens is 286 g/mol. The molecule has 1 aliphatic rings. The molecule has 0 amide bonds. The second kappa shape index (κ2) is 6.37. The van der Waals surface area contributed by atoms with E-state index in [2.05, 4.69) is 0 Å². The van der Waals surface area contributed by atoms with Gasteiger partial charge in [0.05, 0.1) is 25.2 Å². The van der Waals surface area contributed by atoms with Crippen molar-refractivity contribution in [3.63, 3.8) is 0 Å². The Morgan fingerprint density at radius 3 is 2.82 bits per heavy atom. The Kier molecular flexibility index (Phi) is 4.31. The van der Waals surface area contributed by atoms with Crippen molar-refractivity contribution in [2.24, 2.45) is 0 Å². The van der Waals surface area contributed by atoms with Gasteiger partial charge in [0.15, 0.2) is 11.3 Å². The smallest absolute Gasteiger partial charge is 0.200 e. The number of nitrogens with zero attached hydrogens (tertiary/aromatic N) is 1. The summed E-state index contributed by atoms with van der Waals surface area (Å²) in [6, 6.07) is 4.96. The Morgan fingerprint density at radius 1 is 1.32 bits per heavy atom. The fraction of sp³-hybridized carbons (Fsp3) is 0.438. The fourth-order valence-corrected chi connectivity index (χ4v) is 2.57. The molecule has 0 radical (unpaired) electrons. The number of rotatable bonds is 4. The largest absolute Gasteiger partial charge is 0.491 e. The molecule has 6 nitrogen and oxygen atoms in total. The number of aliphatic hydroxyl groups excluding tert-OH is 1. The molecule has 1 fully saturated rings. The summed E-state index contributed by atoms with van der Waals surface area (Å²) < 4.78 is 16.8. The van der Waals surface area contributed by atoms with Crippen LogP contribution in [0.2, 0.25) is 0 Å². The molecule has 118 valence electrons. The van der Waals surface area contributed by atoms with E-state index in [9.17, 15) is 4.79 Å². The van der Waals surface area contributed by atoms with Gasteiger partial charge in [-0.2, -0.15) is 0 Å². The van der Waals surface area contributed by atoms with Crippen LogP contribution in [-0.2, 0) is 4.74 Å². The highest BCUT2D eigenvalue weighted by atomic mass is 16.5. The van der Waals surface area contributed by atoms with Crippen LogP contribution in [0.5, 0.6) is 5.75 Å². The van der Waals surface area contributed by atoms with Crippen molar-refractivity contribution in [2.75, 3.05) is 44.4 Å². The van der Waals surface area contributed by atoms with Crippen LogP contribution in [-0.4, -0.2) is 44.6 Å². The Morgan fingerprint density at radius 2 is 2.09 bits per heavy atom. The third kappa shape index (κ3) is 2.80. The van der Waals surface area contributed by atoms with Crippen molar-refractivity contribution < 1.29 is 19.0 Å². The number of hydrogen-bond acceptors (Lipinski definition) is 6. The Bertz CT molecular complexity index is 718. The molecule has 22 heavy (non-hydrogen) atoms. The Balaban J connectivity index is 2.05. The molecule has 0 spiro atoms. The van der Waals surface area contributed by atoms with E-state index in [1.165, 1.54) is 6.07 Å². The van der Waals surface area contributed by atoms with Gasteiger partial charge in [-0.25, -0.2) is 0 Å². The van der Waals surface area contributed by atoms with E-state index >= 15 is 0 Å². The predicted octanol–water partition coefficient (Wildman–Crippen LogP) is 1.31. The summed E-state index contributed by atoms with van der Waals surface area (Å²) >= 11 is 0. The van der Waals surface area contributed by atoms with Crippen molar-refractivity contribution in [3.05, 3.63) is 34.0 Å². The van der Waals surface area contributed by atoms with Crippen LogP contribution in [0.15, 0.2) is 27.4 Å². The quantitative estimate of drug-likeness (QED) is 0.918. The first-order valence-electron chi connectivity index (χ1n) is 7.34. The molecule has 1 saturated heterocycles. The first-order chi connectivity index (χ1) is 10.7. The van der Waals surface area contributed by atoms with Crippen LogP contribution in [0.3, 0.4) is 0 Å². The molecule has 1 aliphatic heterocycles. The number of benzene rings is 1. The van der Waals surface area contributed by atoms with Crippen molar-refractivity contribution in [3.8, 4) is 5.75 Å². The van der Waals surface area contributed by atoms with E-state index in [0.29, 0.717) is 48.9 Å². The molecule has 0 atom stereocenters. The highest BCUT2D eigenvalue weighted by Gasteiger charge is 2.17. The second-order valence-corrected chi connectivity index (χ2v) is 5.19. The number of aliphatic hydroxyl groups is 1. The second-order valence-electron chi connectivity index (χ2n) is 5.19. The SMILES string of the molecule is Cc1c(OCCO)ccc2c(=O)cc(N3CCOCC3)oc12. The number of ether oxygens (including phenoxy) is 2. The van der Waals surface area contributed by atoms with E-state index in [-0.39, 0.29) is 18.6 Å². The molecular formula is C16H19NO5. The number of fused-ring (bicyclic) bond motifs is 1. The van der Waals surface area contributed by atoms with Crippen molar-refractivity contribution in [1.29, 1.82) is 0 Å². The minimum atomic E-state index is -0.0699. The summed E-state index contributed by atoms with van der Waals surface area (Å²) in [6.07, 6.45) is 0. The van der Waals surface area contributed by atoms with Gasteiger partial charge in [0.25, 0.3) is 0 Å². The van der Waals surface area contributed by atoms with Gasteiger partial charge in [-0.05, 0) is 19.1 Å². The standard InChI is InChI=1S/C16H19NO5/c1-11-14(21-9-6-18)3-2-12-13(19)10-15(22-16(11)12)17-4-7-20-8-5-17/h2-3,10,18H,4-9H2,1H3. The summed E-state index contributed by atoms with van der Waals surface area (Å²) in [5.74, 6) is 1.17. The van der Waals surface area contributed by atoms with Crippen LogP contribution in [0.25, 0.3) is 11.0 Å². The lowest BCUT2D eigenvalue weighted by Gasteiger charge is -2.27. The Labute approximate surface area is 127 Å². The van der Waals surface area contributed by atoms with Crippen LogP contribution in [0.4, 0.5) is 5.88 Å². The lowest BCUT2D eigenvalue weighted by atomic mass is 10.1. The predicted molar refractivity (Wildman–Crippen MR) is 82.8 cm³/mol. The molecule has 0 saturated carbocycles. The maximum Gasteiger partial charge on any atom is 0.200 e. The van der Waals surface area contributed by atoms with Crippen LogP contribution >= 0.6 is 0 Å². The average Bonchev–Trinajstić information content (AvgIpc) is 2.55. The van der Waals surface area contributed by atoms with Crippen molar-refractivity contribution in [2.45, 2.75) is 6.92 Å². The van der Waals surface area contributed by atoms with E-state index in [1.807, 2.05) is 11.8 Å². The molecule has 6 heteroatoms. The topological polar surface area (TPSA) is 72.1 Å². The highest BCUT2D eigenvalue weighted by Crippen LogP contribution is 2.28. The van der Waals surface area contributed by atoms with Gasteiger partial charge in [-0.3, -0.25) is 4.79 Å². The van der Waals surface area contributed by atoms with Gasteiger partial charge in [0.2, 0.25) is 0 Å². The van der Waals surface area contributed by atoms with Gasteiger partial charge in [0, 0.05) is 24.7 Å². The maximum atomic E-state index is 12.3. The van der Waals surface area contributed by atoms with Crippen LogP contribution in [0, 0.1) is 6.92 Å². The van der Waals surface area contributed by atoms with Gasteiger partial charge >= 0.3 is 0 Å². The fourth-order valence-electron chi connectivity index (χ4n) is 2.57. The van der Waals surface area contributed by atoms with Gasteiger partial charge in [-0.1, -0.05) is 0 Å². The lowest BCUT2D eigenvalue weighted by molar-refractivity contribution is 0.121. The zero-order valence-electron chi connectivity index (χ0n) is 12.5. The number of aryl methyl sites for hydroxylation is 1. The number of morpholine rings is 1. The molecule has 0 bridgehead atoms. The molecule has 0 aliphatic carbocycles. The molecule has 0 unspecified atom stereocenters. The molecule has 1 aromatic carbocycles. The van der Waals surface area contributed by atoms with E-state index in [4.69, 9.17) is 19.0 Å². The Hall–Kier alpha value is -2.05. The summed E-state index contributed by atoms with van der Waals surface area (Å²) in [5.41, 5.74) is 1.22. The third-order valence-corrected chi connectivity index (χ3v) is 3.75. The van der Waals surface area contributed by atoms with E-state index in [1.54, 1.807) is 12.1 Å².